The smallest absolute Gasteiger partial charge is 0.274 e. The molecule has 0 bridgehead atoms. The van der Waals surface area contributed by atoms with Crippen LogP contribution in [0.25, 0.3) is 27.8 Å². The number of nitrogens with one attached hydrogen (secondary N) is 1. The highest BCUT2D eigenvalue weighted by Gasteiger charge is 2.11. The SMILES string of the molecule is CCCc1nc2nc(-c3cccc4ccccc34)cc(=O)n2[nH]1. The Morgan fingerprint density at radius 1 is 1.09 bits per heavy atom. The molecule has 0 unspecified atom stereocenters. The lowest BCUT2D eigenvalue weighted by Gasteiger charge is -2.05. The number of H-pyrrole nitrogens is 1. The van der Waals surface area contributed by atoms with Gasteiger partial charge in [-0.3, -0.25) is 9.89 Å². The van der Waals surface area contributed by atoms with E-state index in [-0.39, 0.29) is 5.56 Å². The van der Waals surface area contributed by atoms with E-state index >= 15 is 0 Å². The molecule has 0 saturated heterocycles. The van der Waals surface area contributed by atoms with Crippen molar-refractivity contribution in [3.05, 3.63) is 64.7 Å². The van der Waals surface area contributed by atoms with Gasteiger partial charge in [0, 0.05) is 18.1 Å². The zero-order valence-electron chi connectivity index (χ0n) is 12.8. The van der Waals surface area contributed by atoms with Gasteiger partial charge in [-0.2, -0.15) is 9.50 Å². The number of hydrogen-bond acceptors (Lipinski definition) is 3. The van der Waals surface area contributed by atoms with Crippen LogP contribution in [-0.2, 0) is 6.42 Å². The minimum absolute atomic E-state index is 0.146. The summed E-state index contributed by atoms with van der Waals surface area (Å²) in [4.78, 5) is 21.4. The highest BCUT2D eigenvalue weighted by Crippen LogP contribution is 2.26. The van der Waals surface area contributed by atoms with Crippen molar-refractivity contribution in [3.63, 3.8) is 0 Å². The third-order valence-corrected chi connectivity index (χ3v) is 3.93. The fraction of sp³-hybridized carbons (Fsp3) is 0.167. The van der Waals surface area contributed by atoms with E-state index in [0.29, 0.717) is 11.5 Å². The lowest BCUT2D eigenvalue weighted by atomic mass is 10.0. The van der Waals surface area contributed by atoms with Crippen LogP contribution < -0.4 is 5.56 Å². The summed E-state index contributed by atoms with van der Waals surface area (Å²) in [7, 11) is 0. The molecule has 0 spiro atoms. The Hall–Kier alpha value is -2.95. The summed E-state index contributed by atoms with van der Waals surface area (Å²) in [5.41, 5.74) is 1.46. The van der Waals surface area contributed by atoms with Crippen molar-refractivity contribution < 1.29 is 0 Å². The van der Waals surface area contributed by atoms with Crippen LogP contribution in [0, 0.1) is 0 Å². The van der Waals surface area contributed by atoms with E-state index in [2.05, 4.69) is 34.1 Å². The van der Waals surface area contributed by atoms with E-state index in [1.807, 2.05) is 30.3 Å². The molecule has 0 fully saturated rings. The first-order valence-electron chi connectivity index (χ1n) is 7.73. The predicted octanol–water partition coefficient (Wildman–Crippen LogP) is 3.19. The quantitative estimate of drug-likeness (QED) is 0.632. The first-order chi connectivity index (χ1) is 11.3. The van der Waals surface area contributed by atoms with E-state index in [4.69, 9.17) is 0 Å². The van der Waals surface area contributed by atoms with Gasteiger partial charge < -0.3 is 0 Å². The second kappa shape index (κ2) is 5.35. The fourth-order valence-electron chi connectivity index (χ4n) is 2.86. The minimum Gasteiger partial charge on any atom is -0.275 e. The maximum absolute atomic E-state index is 12.4. The molecule has 0 atom stereocenters. The zero-order valence-corrected chi connectivity index (χ0v) is 12.8. The monoisotopic (exact) mass is 304 g/mol. The van der Waals surface area contributed by atoms with Gasteiger partial charge in [0.25, 0.3) is 11.3 Å². The number of rotatable bonds is 3. The summed E-state index contributed by atoms with van der Waals surface area (Å²) < 4.78 is 1.40. The summed E-state index contributed by atoms with van der Waals surface area (Å²) >= 11 is 0. The van der Waals surface area contributed by atoms with Gasteiger partial charge in [0.05, 0.1) is 5.69 Å². The fourth-order valence-corrected chi connectivity index (χ4v) is 2.86. The first kappa shape index (κ1) is 13.7. The average Bonchev–Trinajstić information content (AvgIpc) is 2.98. The third-order valence-electron chi connectivity index (χ3n) is 3.93. The van der Waals surface area contributed by atoms with Gasteiger partial charge >= 0.3 is 0 Å². The largest absolute Gasteiger partial charge is 0.275 e. The summed E-state index contributed by atoms with van der Waals surface area (Å²) in [6.45, 7) is 2.07. The van der Waals surface area contributed by atoms with Gasteiger partial charge in [-0.05, 0) is 17.2 Å². The molecule has 23 heavy (non-hydrogen) atoms. The molecule has 0 radical (unpaired) electrons. The second-order valence-electron chi connectivity index (χ2n) is 5.56. The van der Waals surface area contributed by atoms with Gasteiger partial charge in [-0.1, -0.05) is 49.4 Å². The molecule has 2 aromatic carbocycles. The van der Waals surface area contributed by atoms with E-state index < -0.39 is 0 Å². The Kier molecular flexibility index (Phi) is 3.19. The van der Waals surface area contributed by atoms with Crippen molar-refractivity contribution in [2.24, 2.45) is 0 Å². The van der Waals surface area contributed by atoms with Crippen molar-refractivity contribution in [1.29, 1.82) is 0 Å². The molecule has 0 amide bonds. The Bertz CT molecular complexity index is 1060. The van der Waals surface area contributed by atoms with E-state index in [9.17, 15) is 4.79 Å². The van der Waals surface area contributed by atoms with Crippen molar-refractivity contribution in [2.75, 3.05) is 0 Å². The van der Waals surface area contributed by atoms with Crippen LogP contribution in [0.1, 0.15) is 19.2 Å². The van der Waals surface area contributed by atoms with Gasteiger partial charge in [0.15, 0.2) is 0 Å². The van der Waals surface area contributed by atoms with E-state index in [1.54, 1.807) is 6.07 Å². The highest BCUT2D eigenvalue weighted by atomic mass is 16.1. The molecule has 4 aromatic rings. The predicted molar refractivity (Wildman–Crippen MR) is 90.5 cm³/mol. The van der Waals surface area contributed by atoms with Crippen LogP contribution in [0.5, 0.6) is 0 Å². The second-order valence-corrected chi connectivity index (χ2v) is 5.56. The lowest BCUT2D eigenvalue weighted by Crippen LogP contribution is -2.14. The number of hydrogen-bond donors (Lipinski definition) is 1. The van der Waals surface area contributed by atoms with Crippen molar-refractivity contribution >= 4 is 16.6 Å². The number of nitrogens with zero attached hydrogens (tertiary/aromatic N) is 3. The maximum atomic E-state index is 12.4. The maximum Gasteiger partial charge on any atom is 0.274 e. The molecule has 0 aliphatic carbocycles. The molecule has 0 saturated carbocycles. The molecular weight excluding hydrogens is 288 g/mol. The molecular formula is C18H16N4O. The molecule has 5 nitrogen and oxygen atoms in total. The van der Waals surface area contributed by atoms with Gasteiger partial charge in [-0.25, -0.2) is 4.98 Å². The van der Waals surface area contributed by atoms with Crippen molar-refractivity contribution in [1.82, 2.24) is 19.6 Å². The van der Waals surface area contributed by atoms with Gasteiger partial charge in [-0.15, -0.1) is 0 Å². The summed E-state index contributed by atoms with van der Waals surface area (Å²) in [6, 6.07) is 15.7. The Labute approximate surface area is 132 Å². The summed E-state index contributed by atoms with van der Waals surface area (Å²) in [6.07, 6.45) is 1.76. The molecule has 2 aromatic heterocycles. The summed E-state index contributed by atoms with van der Waals surface area (Å²) in [5.74, 6) is 1.20. The van der Waals surface area contributed by atoms with Crippen LogP contribution in [0.4, 0.5) is 0 Å². The van der Waals surface area contributed by atoms with Crippen LogP contribution >= 0.6 is 0 Å². The number of aryl methyl sites for hydroxylation is 1. The molecule has 2 heterocycles. The number of fused-ring (bicyclic) bond motifs is 2. The highest BCUT2D eigenvalue weighted by molar-refractivity contribution is 5.95. The molecule has 0 aliphatic heterocycles. The van der Waals surface area contributed by atoms with Crippen LogP contribution in [0.15, 0.2) is 53.3 Å². The molecule has 1 N–H and O–H groups in total. The topological polar surface area (TPSA) is 63.1 Å². The number of aromatic amines is 1. The molecule has 5 heteroatoms. The van der Waals surface area contributed by atoms with E-state index in [0.717, 1.165) is 35.0 Å². The Morgan fingerprint density at radius 3 is 2.78 bits per heavy atom. The van der Waals surface area contributed by atoms with Crippen molar-refractivity contribution in [3.8, 4) is 11.3 Å². The standard InChI is InChI=1S/C18H16N4O/c1-2-6-16-20-18-19-15(11-17(23)22(18)21-16)14-10-5-8-12-7-3-4-9-13(12)14/h3-5,7-11H,2,6H2,1H3,(H,19,20,21). The van der Waals surface area contributed by atoms with Crippen molar-refractivity contribution in [2.45, 2.75) is 19.8 Å². The minimum atomic E-state index is -0.146. The lowest BCUT2D eigenvalue weighted by molar-refractivity contribution is 0.807. The molecule has 114 valence electrons. The Balaban J connectivity index is 1.96. The average molecular weight is 304 g/mol. The van der Waals surface area contributed by atoms with Gasteiger partial charge in [0.2, 0.25) is 0 Å². The van der Waals surface area contributed by atoms with Crippen LogP contribution in [-0.4, -0.2) is 19.6 Å². The molecule has 4 rings (SSSR count). The number of aromatic nitrogens is 4. The Morgan fingerprint density at radius 2 is 1.91 bits per heavy atom. The third kappa shape index (κ3) is 2.30. The number of benzene rings is 2. The van der Waals surface area contributed by atoms with Crippen LogP contribution in [0.2, 0.25) is 0 Å². The van der Waals surface area contributed by atoms with Crippen LogP contribution in [0.3, 0.4) is 0 Å². The first-order valence-corrected chi connectivity index (χ1v) is 7.73. The molecule has 0 aliphatic rings. The zero-order chi connectivity index (χ0) is 15.8. The normalized spacial score (nSPS) is 11.3. The van der Waals surface area contributed by atoms with Gasteiger partial charge in [0.1, 0.15) is 5.82 Å². The van der Waals surface area contributed by atoms with E-state index in [1.165, 1.54) is 4.52 Å². The summed E-state index contributed by atoms with van der Waals surface area (Å²) in [5, 5.41) is 5.22.